The van der Waals surface area contributed by atoms with Gasteiger partial charge in [0.15, 0.2) is 0 Å². The fourth-order valence-electron chi connectivity index (χ4n) is 3.00. The molecule has 0 unspecified atom stereocenters. The molecule has 2 heterocycles. The van der Waals surface area contributed by atoms with Crippen molar-refractivity contribution in [3.63, 3.8) is 0 Å². The molecule has 0 saturated heterocycles. The monoisotopic (exact) mass is 356 g/mol. The first-order chi connectivity index (χ1) is 12.0. The summed E-state index contributed by atoms with van der Waals surface area (Å²) in [4.78, 5) is 16.7. The lowest BCUT2D eigenvalue weighted by Gasteiger charge is -2.05. The zero-order valence-electron chi connectivity index (χ0n) is 15.0. The maximum atomic E-state index is 12.0. The minimum absolute atomic E-state index is 0.104. The summed E-state index contributed by atoms with van der Waals surface area (Å²) < 4.78 is 3.10. The molecule has 0 aliphatic carbocycles. The second-order valence-corrected chi connectivity index (χ2v) is 7.42. The number of fused-ring (bicyclic) bond motifs is 1. The third-order valence-electron chi connectivity index (χ3n) is 4.49. The number of hydrogen-bond acceptors (Lipinski definition) is 4. The van der Waals surface area contributed by atoms with Gasteiger partial charge in [0.1, 0.15) is 0 Å². The van der Waals surface area contributed by atoms with Crippen molar-refractivity contribution >= 4 is 27.5 Å². The van der Waals surface area contributed by atoms with Crippen LogP contribution in [0.1, 0.15) is 34.8 Å². The fraction of sp³-hybridized carbons (Fsp3) is 0.421. The van der Waals surface area contributed by atoms with Crippen LogP contribution in [0.25, 0.3) is 10.2 Å². The molecule has 0 radical (unpaired) electrons. The van der Waals surface area contributed by atoms with E-state index in [1.54, 1.807) is 11.3 Å². The molecular weight excluding hydrogens is 332 g/mol. The number of rotatable bonds is 7. The summed E-state index contributed by atoms with van der Waals surface area (Å²) in [5.74, 6) is 0.104. The van der Waals surface area contributed by atoms with Gasteiger partial charge in [0.05, 0.1) is 20.9 Å². The van der Waals surface area contributed by atoms with E-state index in [-0.39, 0.29) is 5.91 Å². The van der Waals surface area contributed by atoms with E-state index in [1.165, 1.54) is 10.3 Å². The number of thiazole rings is 1. The first-order valence-electron chi connectivity index (χ1n) is 8.65. The van der Waals surface area contributed by atoms with Gasteiger partial charge in [0, 0.05) is 32.1 Å². The Balaban J connectivity index is 1.40. The van der Waals surface area contributed by atoms with E-state index in [2.05, 4.69) is 21.5 Å². The number of benzene rings is 1. The van der Waals surface area contributed by atoms with Gasteiger partial charge < -0.3 is 5.32 Å². The first kappa shape index (κ1) is 17.6. The van der Waals surface area contributed by atoms with Crippen molar-refractivity contribution in [1.82, 2.24) is 20.1 Å². The predicted molar refractivity (Wildman–Crippen MR) is 102 cm³/mol. The van der Waals surface area contributed by atoms with E-state index in [0.29, 0.717) is 13.0 Å². The van der Waals surface area contributed by atoms with Crippen LogP contribution in [-0.4, -0.2) is 27.2 Å². The van der Waals surface area contributed by atoms with E-state index in [1.807, 2.05) is 43.8 Å². The third-order valence-corrected chi connectivity index (χ3v) is 5.58. The quantitative estimate of drug-likeness (QED) is 0.661. The lowest BCUT2D eigenvalue weighted by atomic mass is 10.1. The van der Waals surface area contributed by atoms with Crippen molar-refractivity contribution in [2.75, 3.05) is 6.54 Å². The molecule has 3 rings (SSSR count). The SMILES string of the molecule is Cc1nn(C)c(C)c1CCC(=O)NCCCc1nc2ccccc2s1. The average Bonchev–Trinajstić information content (AvgIpc) is 3.11. The number of carbonyl (C=O) groups excluding carboxylic acids is 1. The summed E-state index contributed by atoms with van der Waals surface area (Å²) in [6.07, 6.45) is 3.07. The largest absolute Gasteiger partial charge is 0.356 e. The van der Waals surface area contributed by atoms with Crippen molar-refractivity contribution < 1.29 is 4.79 Å². The van der Waals surface area contributed by atoms with E-state index in [0.717, 1.165) is 41.2 Å². The Bertz CT molecular complexity index is 848. The maximum Gasteiger partial charge on any atom is 0.220 e. The second-order valence-electron chi connectivity index (χ2n) is 6.30. The molecule has 3 aromatic rings. The molecule has 25 heavy (non-hydrogen) atoms. The van der Waals surface area contributed by atoms with Crippen molar-refractivity contribution in [2.45, 2.75) is 39.5 Å². The standard InChI is InChI=1S/C19H24N4OS/c1-13-15(14(2)23(3)22-13)10-11-18(24)20-12-6-9-19-21-16-7-4-5-8-17(16)25-19/h4-5,7-8H,6,9-12H2,1-3H3,(H,20,24). The lowest BCUT2D eigenvalue weighted by Crippen LogP contribution is -2.25. The minimum atomic E-state index is 0.104. The zero-order valence-corrected chi connectivity index (χ0v) is 15.8. The molecule has 0 aliphatic heterocycles. The molecule has 5 nitrogen and oxygen atoms in total. The molecule has 0 spiro atoms. The van der Waals surface area contributed by atoms with Gasteiger partial charge in [-0.25, -0.2) is 4.98 Å². The van der Waals surface area contributed by atoms with Crippen LogP contribution in [0.4, 0.5) is 0 Å². The van der Waals surface area contributed by atoms with E-state index in [9.17, 15) is 4.79 Å². The third kappa shape index (κ3) is 4.25. The lowest BCUT2D eigenvalue weighted by molar-refractivity contribution is -0.121. The van der Waals surface area contributed by atoms with Crippen LogP contribution in [0, 0.1) is 13.8 Å². The van der Waals surface area contributed by atoms with E-state index in [4.69, 9.17) is 0 Å². The number of hydrogen-bond donors (Lipinski definition) is 1. The predicted octanol–water partition coefficient (Wildman–Crippen LogP) is 3.33. The Hall–Kier alpha value is -2.21. The summed E-state index contributed by atoms with van der Waals surface area (Å²) in [6, 6.07) is 8.19. The molecule has 0 aliphatic rings. The first-order valence-corrected chi connectivity index (χ1v) is 9.46. The Morgan fingerprint density at radius 3 is 2.76 bits per heavy atom. The number of carbonyl (C=O) groups is 1. The van der Waals surface area contributed by atoms with E-state index >= 15 is 0 Å². The number of aryl methyl sites for hydroxylation is 3. The molecule has 2 aromatic heterocycles. The number of nitrogens with one attached hydrogen (secondary N) is 1. The van der Waals surface area contributed by atoms with Gasteiger partial charge in [-0.2, -0.15) is 5.10 Å². The summed E-state index contributed by atoms with van der Waals surface area (Å²) in [7, 11) is 1.94. The minimum Gasteiger partial charge on any atom is -0.356 e. The normalized spacial score (nSPS) is 11.2. The van der Waals surface area contributed by atoms with Crippen molar-refractivity contribution in [3.8, 4) is 0 Å². The van der Waals surface area contributed by atoms with Gasteiger partial charge in [-0.15, -0.1) is 11.3 Å². The van der Waals surface area contributed by atoms with Crippen molar-refractivity contribution in [1.29, 1.82) is 0 Å². The Labute approximate surface area is 152 Å². The molecule has 0 atom stereocenters. The number of nitrogens with zero attached hydrogens (tertiary/aromatic N) is 3. The molecule has 0 fully saturated rings. The summed E-state index contributed by atoms with van der Waals surface area (Å²) >= 11 is 1.74. The summed E-state index contributed by atoms with van der Waals surface area (Å²) in [5.41, 5.74) is 4.41. The van der Waals surface area contributed by atoms with Gasteiger partial charge in [-0.1, -0.05) is 12.1 Å². The van der Waals surface area contributed by atoms with Crippen LogP contribution < -0.4 is 5.32 Å². The molecule has 6 heteroatoms. The number of amides is 1. The van der Waals surface area contributed by atoms with Gasteiger partial charge >= 0.3 is 0 Å². The van der Waals surface area contributed by atoms with Gasteiger partial charge in [-0.3, -0.25) is 9.48 Å². The van der Waals surface area contributed by atoms with Crippen molar-refractivity contribution in [2.24, 2.45) is 7.05 Å². The van der Waals surface area contributed by atoms with Crippen LogP contribution in [0.2, 0.25) is 0 Å². The molecule has 132 valence electrons. The Morgan fingerprint density at radius 1 is 1.24 bits per heavy atom. The van der Waals surface area contributed by atoms with Gasteiger partial charge in [0.25, 0.3) is 0 Å². The summed E-state index contributed by atoms with van der Waals surface area (Å²) in [6.45, 7) is 4.74. The molecule has 1 amide bonds. The molecule has 0 saturated carbocycles. The molecule has 1 aromatic carbocycles. The zero-order chi connectivity index (χ0) is 17.8. The van der Waals surface area contributed by atoms with Gasteiger partial charge in [-0.05, 0) is 44.4 Å². The number of aromatic nitrogens is 3. The number of para-hydroxylation sites is 1. The van der Waals surface area contributed by atoms with Crippen LogP contribution in [-0.2, 0) is 24.7 Å². The Kier molecular flexibility index (Phi) is 5.48. The molecular formula is C19H24N4OS. The van der Waals surface area contributed by atoms with E-state index < -0.39 is 0 Å². The fourth-order valence-corrected chi connectivity index (χ4v) is 4.01. The highest BCUT2D eigenvalue weighted by Crippen LogP contribution is 2.22. The van der Waals surface area contributed by atoms with Gasteiger partial charge in [0.2, 0.25) is 5.91 Å². The highest BCUT2D eigenvalue weighted by Gasteiger charge is 2.11. The second kappa shape index (κ2) is 7.78. The Morgan fingerprint density at radius 2 is 2.04 bits per heavy atom. The topological polar surface area (TPSA) is 59.8 Å². The van der Waals surface area contributed by atoms with Crippen LogP contribution in [0.3, 0.4) is 0 Å². The van der Waals surface area contributed by atoms with Crippen LogP contribution in [0.5, 0.6) is 0 Å². The summed E-state index contributed by atoms with van der Waals surface area (Å²) in [5, 5.41) is 8.54. The molecule has 0 bridgehead atoms. The highest BCUT2D eigenvalue weighted by molar-refractivity contribution is 7.18. The average molecular weight is 356 g/mol. The highest BCUT2D eigenvalue weighted by atomic mass is 32.1. The van der Waals surface area contributed by atoms with Crippen LogP contribution in [0.15, 0.2) is 24.3 Å². The van der Waals surface area contributed by atoms with Crippen LogP contribution >= 0.6 is 11.3 Å². The van der Waals surface area contributed by atoms with Crippen molar-refractivity contribution in [3.05, 3.63) is 46.2 Å². The maximum absolute atomic E-state index is 12.0. The smallest absolute Gasteiger partial charge is 0.220 e. The molecule has 1 N–H and O–H groups in total.